The van der Waals surface area contributed by atoms with E-state index in [9.17, 15) is 14.7 Å². The molecule has 2 fully saturated rings. The third-order valence-corrected chi connectivity index (χ3v) is 4.63. The Balaban J connectivity index is 2.00. The summed E-state index contributed by atoms with van der Waals surface area (Å²) in [6, 6.07) is -0.335. The van der Waals surface area contributed by atoms with Gasteiger partial charge < -0.3 is 15.7 Å². The van der Waals surface area contributed by atoms with E-state index in [1.165, 1.54) is 0 Å². The Morgan fingerprint density at radius 2 is 1.84 bits per heavy atom. The van der Waals surface area contributed by atoms with Gasteiger partial charge in [0.2, 0.25) is 0 Å². The van der Waals surface area contributed by atoms with E-state index in [1.807, 2.05) is 13.8 Å². The predicted octanol–water partition coefficient (Wildman–Crippen LogP) is 2.26. The van der Waals surface area contributed by atoms with Crippen LogP contribution in [0.2, 0.25) is 0 Å². The van der Waals surface area contributed by atoms with Gasteiger partial charge in [-0.25, -0.2) is 9.59 Å². The number of urea groups is 1. The lowest BCUT2D eigenvalue weighted by molar-refractivity contribution is -0.146. The third kappa shape index (κ3) is 3.01. The maximum atomic E-state index is 12.1. The highest BCUT2D eigenvalue weighted by molar-refractivity contribution is 5.86. The molecule has 19 heavy (non-hydrogen) atoms. The number of carbonyl (C=O) groups excluding carboxylic acids is 1. The second-order valence-electron chi connectivity index (χ2n) is 6.58. The van der Waals surface area contributed by atoms with Crippen molar-refractivity contribution in [3.05, 3.63) is 0 Å². The van der Waals surface area contributed by atoms with Gasteiger partial charge in [-0.1, -0.05) is 19.8 Å². The van der Waals surface area contributed by atoms with Gasteiger partial charge in [0.1, 0.15) is 5.54 Å². The van der Waals surface area contributed by atoms with Crippen LogP contribution in [0.25, 0.3) is 0 Å². The Kier molecular flexibility index (Phi) is 3.74. The zero-order valence-corrected chi connectivity index (χ0v) is 11.8. The monoisotopic (exact) mass is 268 g/mol. The van der Waals surface area contributed by atoms with Crippen molar-refractivity contribution in [2.24, 2.45) is 5.92 Å². The van der Waals surface area contributed by atoms with Crippen molar-refractivity contribution in [2.45, 2.75) is 69.9 Å². The fraction of sp³-hybridized carbons (Fsp3) is 0.857. The van der Waals surface area contributed by atoms with Crippen LogP contribution in [-0.2, 0) is 4.79 Å². The molecule has 0 heterocycles. The van der Waals surface area contributed by atoms with Crippen molar-refractivity contribution in [3.8, 4) is 0 Å². The van der Waals surface area contributed by atoms with Gasteiger partial charge in [-0.05, 0) is 44.9 Å². The van der Waals surface area contributed by atoms with Gasteiger partial charge in [0.25, 0.3) is 0 Å². The summed E-state index contributed by atoms with van der Waals surface area (Å²) in [5.41, 5.74) is -1.23. The quantitative estimate of drug-likeness (QED) is 0.734. The number of nitrogens with one attached hydrogen (secondary N) is 2. The van der Waals surface area contributed by atoms with Crippen LogP contribution in [0.1, 0.15) is 58.8 Å². The maximum absolute atomic E-state index is 12.1. The van der Waals surface area contributed by atoms with Crippen LogP contribution in [0.4, 0.5) is 4.79 Å². The summed E-state index contributed by atoms with van der Waals surface area (Å²) in [6.45, 7) is 4.05. The molecule has 0 aliphatic heterocycles. The molecule has 0 spiro atoms. The molecule has 2 saturated carbocycles. The highest BCUT2D eigenvalue weighted by Crippen LogP contribution is 2.34. The Morgan fingerprint density at radius 3 is 2.32 bits per heavy atom. The fourth-order valence-electron chi connectivity index (χ4n) is 3.27. The molecular weight excluding hydrogens is 244 g/mol. The lowest BCUT2D eigenvalue weighted by Crippen LogP contribution is -2.63. The summed E-state index contributed by atoms with van der Waals surface area (Å²) < 4.78 is 0. The van der Waals surface area contributed by atoms with Gasteiger partial charge in [0.15, 0.2) is 0 Å². The van der Waals surface area contributed by atoms with Crippen LogP contribution in [-0.4, -0.2) is 28.2 Å². The van der Waals surface area contributed by atoms with Crippen molar-refractivity contribution in [1.82, 2.24) is 10.6 Å². The first-order chi connectivity index (χ1) is 8.85. The Morgan fingerprint density at radius 1 is 1.16 bits per heavy atom. The molecule has 3 N–H and O–H groups in total. The lowest BCUT2D eigenvalue weighted by Gasteiger charge is -2.42. The van der Waals surface area contributed by atoms with Crippen molar-refractivity contribution in [1.29, 1.82) is 0 Å². The average Bonchev–Trinajstić information content (AvgIpc) is 2.26. The Hall–Kier alpha value is -1.26. The molecular formula is C14H24N2O3. The smallest absolute Gasteiger partial charge is 0.329 e. The van der Waals surface area contributed by atoms with Crippen LogP contribution in [0.5, 0.6) is 0 Å². The van der Waals surface area contributed by atoms with Crippen LogP contribution in [0.3, 0.4) is 0 Å². The van der Waals surface area contributed by atoms with E-state index in [4.69, 9.17) is 0 Å². The standard InChI is InChI=1S/C14H24N2O3/c1-10-5-3-8-14(9-10,11(17)18)16-12(19)15-13(2)6-4-7-13/h10H,3-9H2,1-2H3,(H,17,18)(H2,15,16,19). The molecule has 5 nitrogen and oxygen atoms in total. The molecule has 0 bridgehead atoms. The second kappa shape index (κ2) is 5.02. The SMILES string of the molecule is CC1CCCC(NC(=O)NC2(C)CCC2)(C(=O)O)C1. The first-order valence-corrected chi connectivity index (χ1v) is 7.19. The molecule has 2 amide bonds. The molecule has 108 valence electrons. The molecule has 2 rings (SSSR count). The number of rotatable bonds is 3. The molecule has 0 radical (unpaired) electrons. The average molecular weight is 268 g/mol. The predicted molar refractivity (Wildman–Crippen MR) is 71.9 cm³/mol. The first-order valence-electron chi connectivity index (χ1n) is 7.19. The topological polar surface area (TPSA) is 78.4 Å². The zero-order chi connectivity index (χ0) is 14.1. The summed E-state index contributed by atoms with van der Waals surface area (Å²) in [7, 11) is 0. The summed E-state index contributed by atoms with van der Waals surface area (Å²) in [5, 5.41) is 15.1. The molecule has 2 aliphatic carbocycles. The van der Waals surface area contributed by atoms with Gasteiger partial charge in [0.05, 0.1) is 0 Å². The summed E-state index contributed by atoms with van der Waals surface area (Å²) >= 11 is 0. The van der Waals surface area contributed by atoms with Crippen LogP contribution < -0.4 is 10.6 Å². The number of carbonyl (C=O) groups is 2. The number of aliphatic carboxylic acids is 1. The summed E-state index contributed by atoms with van der Waals surface area (Å²) in [6.07, 6.45) is 6.00. The molecule has 5 heteroatoms. The van der Waals surface area contributed by atoms with Gasteiger partial charge in [-0.3, -0.25) is 0 Å². The number of amides is 2. The van der Waals surface area contributed by atoms with Gasteiger partial charge in [0, 0.05) is 5.54 Å². The number of hydrogen-bond acceptors (Lipinski definition) is 2. The minimum atomic E-state index is -1.08. The Bertz CT molecular complexity index is 379. The lowest BCUT2D eigenvalue weighted by atomic mass is 9.76. The van der Waals surface area contributed by atoms with Gasteiger partial charge in [-0.15, -0.1) is 0 Å². The van der Waals surface area contributed by atoms with Crippen molar-refractivity contribution >= 4 is 12.0 Å². The van der Waals surface area contributed by atoms with E-state index in [0.717, 1.165) is 32.1 Å². The number of carboxylic acid groups (broad SMARTS) is 1. The molecule has 0 aromatic carbocycles. The van der Waals surface area contributed by atoms with Crippen LogP contribution in [0, 0.1) is 5.92 Å². The second-order valence-corrected chi connectivity index (χ2v) is 6.58. The molecule has 2 atom stereocenters. The normalized spacial score (nSPS) is 33.1. The summed E-state index contributed by atoms with van der Waals surface area (Å²) in [4.78, 5) is 23.6. The van der Waals surface area contributed by atoms with E-state index in [1.54, 1.807) is 0 Å². The molecule has 0 aromatic heterocycles. The first kappa shape index (κ1) is 14.2. The van der Waals surface area contributed by atoms with Crippen LogP contribution >= 0.6 is 0 Å². The van der Waals surface area contributed by atoms with Gasteiger partial charge in [-0.2, -0.15) is 0 Å². The molecule has 0 saturated heterocycles. The van der Waals surface area contributed by atoms with E-state index in [-0.39, 0.29) is 11.6 Å². The number of carboxylic acids is 1. The van der Waals surface area contributed by atoms with E-state index < -0.39 is 11.5 Å². The molecule has 0 aromatic rings. The van der Waals surface area contributed by atoms with Gasteiger partial charge >= 0.3 is 12.0 Å². The van der Waals surface area contributed by atoms with Crippen molar-refractivity contribution in [3.63, 3.8) is 0 Å². The highest BCUT2D eigenvalue weighted by Gasteiger charge is 2.44. The van der Waals surface area contributed by atoms with E-state index >= 15 is 0 Å². The van der Waals surface area contributed by atoms with Crippen LogP contribution in [0.15, 0.2) is 0 Å². The minimum absolute atomic E-state index is 0.149. The zero-order valence-electron chi connectivity index (χ0n) is 11.8. The highest BCUT2D eigenvalue weighted by atomic mass is 16.4. The fourth-order valence-corrected chi connectivity index (χ4v) is 3.27. The number of hydrogen-bond donors (Lipinski definition) is 3. The molecule has 2 unspecified atom stereocenters. The maximum Gasteiger partial charge on any atom is 0.329 e. The molecule has 2 aliphatic rings. The van der Waals surface area contributed by atoms with Crippen molar-refractivity contribution < 1.29 is 14.7 Å². The summed E-state index contributed by atoms with van der Waals surface area (Å²) in [5.74, 6) is -0.572. The largest absolute Gasteiger partial charge is 0.480 e. The minimum Gasteiger partial charge on any atom is -0.480 e. The third-order valence-electron chi connectivity index (χ3n) is 4.63. The Labute approximate surface area is 114 Å². The van der Waals surface area contributed by atoms with Crippen molar-refractivity contribution in [2.75, 3.05) is 0 Å². The van der Waals surface area contributed by atoms with E-state index in [2.05, 4.69) is 10.6 Å². The van der Waals surface area contributed by atoms with E-state index in [0.29, 0.717) is 18.8 Å².